The summed E-state index contributed by atoms with van der Waals surface area (Å²) in [6, 6.07) is 1.89. The molecule has 0 amide bonds. The van der Waals surface area contributed by atoms with E-state index in [4.69, 9.17) is 5.11 Å². The van der Waals surface area contributed by atoms with E-state index in [1.807, 2.05) is 6.07 Å². The zero-order valence-corrected chi connectivity index (χ0v) is 8.03. The average molecular weight is 192 g/mol. The van der Waals surface area contributed by atoms with Gasteiger partial charge in [-0.05, 0) is 25.8 Å². The molecule has 0 unspecified atom stereocenters. The monoisotopic (exact) mass is 192 g/mol. The van der Waals surface area contributed by atoms with E-state index in [0.29, 0.717) is 5.92 Å². The molecule has 1 aliphatic rings. The molecular weight excluding hydrogens is 180 g/mol. The maximum Gasteiger partial charge on any atom is 0.373 e. The van der Waals surface area contributed by atoms with Crippen LogP contribution in [-0.4, -0.2) is 21.0 Å². The number of aromatic nitrogens is 2. The highest BCUT2D eigenvalue weighted by Gasteiger charge is 2.22. The van der Waals surface area contributed by atoms with Crippen LogP contribution in [-0.2, 0) is 0 Å². The summed E-state index contributed by atoms with van der Waals surface area (Å²) in [6.45, 7) is 1.80. The van der Waals surface area contributed by atoms with Crippen LogP contribution in [0.25, 0.3) is 0 Å². The summed E-state index contributed by atoms with van der Waals surface area (Å²) in [4.78, 5) is 18.6. The quantitative estimate of drug-likeness (QED) is 0.775. The minimum Gasteiger partial charge on any atom is -0.475 e. The third-order valence-electron chi connectivity index (χ3n) is 2.59. The number of carboxylic acids is 1. The van der Waals surface area contributed by atoms with E-state index < -0.39 is 5.97 Å². The van der Waals surface area contributed by atoms with E-state index in [-0.39, 0.29) is 5.82 Å². The van der Waals surface area contributed by atoms with Crippen molar-refractivity contribution in [1.29, 1.82) is 0 Å². The molecule has 0 atom stereocenters. The molecule has 0 aliphatic heterocycles. The number of aryl methyl sites for hydroxylation is 1. The first-order valence-electron chi connectivity index (χ1n) is 4.75. The van der Waals surface area contributed by atoms with Gasteiger partial charge in [0.15, 0.2) is 0 Å². The second-order valence-corrected chi connectivity index (χ2v) is 3.69. The minimum absolute atomic E-state index is 0.0769. The molecule has 0 saturated heterocycles. The highest BCUT2D eigenvalue weighted by molar-refractivity contribution is 5.83. The standard InChI is InChI=1S/C10H12N2O2/c1-6-5-8(7-3-2-4-7)12-9(11-6)10(13)14/h5,7H,2-4H2,1H3,(H,13,14). The van der Waals surface area contributed by atoms with Crippen LogP contribution in [0.15, 0.2) is 6.07 Å². The Balaban J connectivity index is 2.35. The van der Waals surface area contributed by atoms with Crippen LogP contribution >= 0.6 is 0 Å². The van der Waals surface area contributed by atoms with Crippen LogP contribution in [0.2, 0.25) is 0 Å². The summed E-state index contributed by atoms with van der Waals surface area (Å²) >= 11 is 0. The first-order valence-corrected chi connectivity index (χ1v) is 4.75. The highest BCUT2D eigenvalue weighted by Crippen LogP contribution is 2.35. The Hall–Kier alpha value is -1.45. The second-order valence-electron chi connectivity index (χ2n) is 3.69. The largest absolute Gasteiger partial charge is 0.475 e. The number of hydrogen-bond acceptors (Lipinski definition) is 3. The van der Waals surface area contributed by atoms with Crippen molar-refractivity contribution in [3.8, 4) is 0 Å². The van der Waals surface area contributed by atoms with Crippen LogP contribution < -0.4 is 0 Å². The van der Waals surface area contributed by atoms with E-state index in [1.54, 1.807) is 6.92 Å². The van der Waals surface area contributed by atoms with E-state index >= 15 is 0 Å². The van der Waals surface area contributed by atoms with Gasteiger partial charge in [-0.25, -0.2) is 14.8 Å². The van der Waals surface area contributed by atoms with Crippen molar-refractivity contribution in [1.82, 2.24) is 9.97 Å². The number of hydrogen-bond donors (Lipinski definition) is 1. The molecule has 1 aromatic rings. The zero-order valence-electron chi connectivity index (χ0n) is 8.03. The summed E-state index contributed by atoms with van der Waals surface area (Å²) in [5.41, 5.74) is 1.63. The van der Waals surface area contributed by atoms with Gasteiger partial charge >= 0.3 is 5.97 Å². The normalized spacial score (nSPS) is 16.4. The molecule has 0 aromatic carbocycles. The summed E-state index contributed by atoms with van der Waals surface area (Å²) in [5.74, 6) is -0.670. The lowest BCUT2D eigenvalue weighted by Crippen LogP contribution is -2.15. The lowest BCUT2D eigenvalue weighted by molar-refractivity contribution is 0.0682. The second kappa shape index (κ2) is 3.36. The van der Waals surface area contributed by atoms with E-state index in [1.165, 1.54) is 6.42 Å². The summed E-state index contributed by atoms with van der Waals surface area (Å²) in [6.07, 6.45) is 3.46. The number of rotatable bonds is 2. The third kappa shape index (κ3) is 1.60. The SMILES string of the molecule is Cc1cc(C2CCC2)nc(C(=O)O)n1. The molecule has 4 heteroatoms. The molecule has 0 spiro atoms. The van der Waals surface area contributed by atoms with Crippen molar-refractivity contribution in [3.05, 3.63) is 23.3 Å². The van der Waals surface area contributed by atoms with Gasteiger partial charge in [0.25, 0.3) is 0 Å². The Morgan fingerprint density at radius 3 is 2.71 bits per heavy atom. The average Bonchev–Trinajstić information content (AvgIpc) is 1.99. The smallest absolute Gasteiger partial charge is 0.373 e. The maximum atomic E-state index is 10.7. The molecule has 1 fully saturated rings. The van der Waals surface area contributed by atoms with Crippen molar-refractivity contribution < 1.29 is 9.90 Å². The fraction of sp³-hybridized carbons (Fsp3) is 0.500. The molecule has 0 bridgehead atoms. The first-order chi connectivity index (χ1) is 6.66. The van der Waals surface area contributed by atoms with Crippen LogP contribution in [0.1, 0.15) is 47.2 Å². The van der Waals surface area contributed by atoms with Crippen LogP contribution in [0.3, 0.4) is 0 Å². The van der Waals surface area contributed by atoms with Gasteiger partial charge in [0.2, 0.25) is 5.82 Å². The molecule has 1 N–H and O–H groups in total. The molecule has 1 aliphatic carbocycles. The molecule has 0 radical (unpaired) electrons. The fourth-order valence-electron chi connectivity index (χ4n) is 1.60. The predicted molar refractivity (Wildman–Crippen MR) is 50.3 cm³/mol. The highest BCUT2D eigenvalue weighted by atomic mass is 16.4. The van der Waals surface area contributed by atoms with Gasteiger partial charge in [-0.15, -0.1) is 0 Å². The minimum atomic E-state index is -1.05. The van der Waals surface area contributed by atoms with Crippen molar-refractivity contribution >= 4 is 5.97 Å². The Bertz CT molecular complexity index is 372. The summed E-state index contributed by atoms with van der Waals surface area (Å²) < 4.78 is 0. The van der Waals surface area contributed by atoms with Gasteiger partial charge in [-0.3, -0.25) is 0 Å². The lowest BCUT2D eigenvalue weighted by atomic mass is 9.82. The molecule has 4 nitrogen and oxygen atoms in total. The lowest BCUT2D eigenvalue weighted by Gasteiger charge is -2.24. The topological polar surface area (TPSA) is 63.1 Å². The predicted octanol–water partition coefficient (Wildman–Crippen LogP) is 1.75. The molecular formula is C10H12N2O2. The third-order valence-corrected chi connectivity index (χ3v) is 2.59. The molecule has 2 rings (SSSR count). The zero-order chi connectivity index (χ0) is 10.1. The maximum absolute atomic E-state index is 10.7. The number of carboxylic acid groups (broad SMARTS) is 1. The van der Waals surface area contributed by atoms with Crippen molar-refractivity contribution in [2.45, 2.75) is 32.1 Å². The van der Waals surface area contributed by atoms with Crippen LogP contribution in [0.4, 0.5) is 0 Å². The van der Waals surface area contributed by atoms with Crippen molar-refractivity contribution in [2.24, 2.45) is 0 Å². The van der Waals surface area contributed by atoms with E-state index in [0.717, 1.165) is 24.2 Å². The molecule has 14 heavy (non-hydrogen) atoms. The van der Waals surface area contributed by atoms with Gasteiger partial charge in [-0.2, -0.15) is 0 Å². The van der Waals surface area contributed by atoms with Crippen molar-refractivity contribution in [3.63, 3.8) is 0 Å². The first kappa shape index (κ1) is 9.12. The molecule has 1 aromatic heterocycles. The molecule has 1 saturated carbocycles. The Kier molecular flexibility index (Phi) is 2.19. The van der Waals surface area contributed by atoms with E-state index in [9.17, 15) is 4.79 Å². The number of carbonyl (C=O) groups is 1. The summed E-state index contributed by atoms with van der Waals surface area (Å²) in [5, 5.41) is 8.78. The Morgan fingerprint density at radius 2 is 2.21 bits per heavy atom. The molecule has 74 valence electrons. The number of nitrogens with zero attached hydrogens (tertiary/aromatic N) is 2. The van der Waals surface area contributed by atoms with Gasteiger partial charge in [0.1, 0.15) is 0 Å². The van der Waals surface area contributed by atoms with Gasteiger partial charge in [0, 0.05) is 17.3 Å². The van der Waals surface area contributed by atoms with Gasteiger partial charge in [-0.1, -0.05) is 6.42 Å². The molecule has 1 heterocycles. The Labute approximate surface area is 82.0 Å². The fourth-order valence-corrected chi connectivity index (χ4v) is 1.60. The van der Waals surface area contributed by atoms with Crippen LogP contribution in [0, 0.1) is 6.92 Å². The summed E-state index contributed by atoms with van der Waals surface area (Å²) in [7, 11) is 0. The Morgan fingerprint density at radius 1 is 1.50 bits per heavy atom. The van der Waals surface area contributed by atoms with E-state index in [2.05, 4.69) is 9.97 Å². The number of aromatic carboxylic acids is 1. The van der Waals surface area contributed by atoms with Crippen LogP contribution in [0.5, 0.6) is 0 Å². The van der Waals surface area contributed by atoms with Crippen molar-refractivity contribution in [2.75, 3.05) is 0 Å². The van der Waals surface area contributed by atoms with Gasteiger partial charge < -0.3 is 5.11 Å². The van der Waals surface area contributed by atoms with Gasteiger partial charge in [0.05, 0.1) is 0 Å².